The number of nitrogens with zero attached hydrogens (tertiary/aromatic N) is 2. The molecule has 1 aromatic rings. The number of nitro groups is 2. The van der Waals surface area contributed by atoms with Gasteiger partial charge in [-0.15, -0.1) is 12.4 Å². The van der Waals surface area contributed by atoms with Gasteiger partial charge >= 0.3 is 0 Å². The molecule has 9 heteroatoms. The Bertz CT molecular complexity index is 459. The van der Waals surface area contributed by atoms with Crippen LogP contribution < -0.4 is 0 Å². The van der Waals surface area contributed by atoms with E-state index in [1.165, 1.54) is 0 Å². The number of non-ortho nitro benzene ring substituents is 2. The molecule has 0 radical (unpaired) electrons. The van der Waals surface area contributed by atoms with Crippen LogP contribution in [0.25, 0.3) is 0 Å². The smallest absolute Gasteiger partial charge is 0.277 e. The van der Waals surface area contributed by atoms with Crippen molar-refractivity contribution in [1.29, 1.82) is 5.41 Å². The summed E-state index contributed by atoms with van der Waals surface area (Å²) in [6.07, 6.45) is 0. The summed E-state index contributed by atoms with van der Waals surface area (Å²) in [5, 5.41) is 28.6. The van der Waals surface area contributed by atoms with Crippen molar-refractivity contribution < 1.29 is 14.6 Å². The van der Waals surface area contributed by atoms with Crippen LogP contribution >= 0.6 is 12.4 Å². The predicted octanol–water partition coefficient (Wildman–Crippen LogP) is 2.29. The number of hydrogen-bond donors (Lipinski definition) is 1. The maximum Gasteiger partial charge on any atom is 0.277 e. The molecule has 0 aliphatic heterocycles. The SMILES string of the molecule is CCOC(=N)c1cc([N+](=O)[O-])cc([N+](=O)[O-])c1.Cl. The molecular formula is C9H10ClN3O5. The Balaban J connectivity index is 0.00000289. The molecule has 0 atom stereocenters. The van der Waals surface area contributed by atoms with E-state index in [1.54, 1.807) is 6.92 Å². The minimum atomic E-state index is -0.754. The first kappa shape index (κ1) is 15.8. The van der Waals surface area contributed by atoms with Crippen LogP contribution in [0.5, 0.6) is 0 Å². The average molecular weight is 276 g/mol. The van der Waals surface area contributed by atoms with Crippen LogP contribution in [-0.4, -0.2) is 22.4 Å². The zero-order valence-corrected chi connectivity index (χ0v) is 10.1. The van der Waals surface area contributed by atoms with Crippen LogP contribution in [0.2, 0.25) is 0 Å². The van der Waals surface area contributed by atoms with Crippen molar-refractivity contribution in [1.82, 2.24) is 0 Å². The zero-order chi connectivity index (χ0) is 13.0. The van der Waals surface area contributed by atoms with E-state index < -0.39 is 21.2 Å². The molecule has 0 heterocycles. The van der Waals surface area contributed by atoms with Crippen molar-refractivity contribution in [3.8, 4) is 0 Å². The Morgan fingerprint density at radius 1 is 1.22 bits per heavy atom. The molecular weight excluding hydrogens is 266 g/mol. The van der Waals surface area contributed by atoms with Crippen molar-refractivity contribution >= 4 is 29.7 Å². The summed E-state index contributed by atoms with van der Waals surface area (Å²) < 4.78 is 4.84. The Morgan fingerprint density at radius 3 is 2.00 bits per heavy atom. The van der Waals surface area contributed by atoms with Crippen LogP contribution in [-0.2, 0) is 4.74 Å². The molecule has 0 unspecified atom stereocenters. The summed E-state index contributed by atoms with van der Waals surface area (Å²) in [5.41, 5.74) is -0.884. The molecule has 18 heavy (non-hydrogen) atoms. The van der Waals surface area contributed by atoms with E-state index >= 15 is 0 Å². The van der Waals surface area contributed by atoms with Gasteiger partial charge in [0, 0.05) is 17.7 Å². The van der Waals surface area contributed by atoms with Gasteiger partial charge in [-0.2, -0.15) is 0 Å². The number of benzene rings is 1. The summed E-state index contributed by atoms with van der Waals surface area (Å²) in [4.78, 5) is 19.7. The molecule has 0 fully saturated rings. The fourth-order valence-electron chi connectivity index (χ4n) is 1.16. The van der Waals surface area contributed by atoms with Gasteiger partial charge in [0.25, 0.3) is 11.4 Å². The lowest BCUT2D eigenvalue weighted by Gasteiger charge is -2.04. The third-order valence-electron chi connectivity index (χ3n) is 1.88. The molecule has 0 aliphatic carbocycles. The highest BCUT2D eigenvalue weighted by atomic mass is 35.5. The summed E-state index contributed by atoms with van der Waals surface area (Å²) in [6, 6.07) is 2.96. The van der Waals surface area contributed by atoms with Gasteiger partial charge in [0.05, 0.1) is 22.5 Å². The number of hydrogen-bond acceptors (Lipinski definition) is 6. The molecule has 0 bridgehead atoms. The molecule has 1 aromatic carbocycles. The lowest BCUT2D eigenvalue weighted by Crippen LogP contribution is -2.06. The third-order valence-corrected chi connectivity index (χ3v) is 1.88. The zero-order valence-electron chi connectivity index (χ0n) is 9.28. The number of nitro benzene ring substituents is 2. The summed E-state index contributed by atoms with van der Waals surface area (Å²) in [7, 11) is 0. The quantitative estimate of drug-likeness (QED) is 0.391. The van der Waals surface area contributed by atoms with E-state index in [2.05, 4.69) is 0 Å². The second-order valence-corrected chi connectivity index (χ2v) is 3.01. The van der Waals surface area contributed by atoms with Gasteiger partial charge in [-0.25, -0.2) is 0 Å². The predicted molar refractivity (Wildman–Crippen MR) is 65.5 cm³/mol. The Hall–Kier alpha value is -2.22. The van der Waals surface area contributed by atoms with Gasteiger partial charge in [0.1, 0.15) is 0 Å². The number of nitrogens with one attached hydrogen (secondary N) is 1. The van der Waals surface area contributed by atoms with Gasteiger partial charge in [0.2, 0.25) is 5.90 Å². The van der Waals surface area contributed by atoms with Gasteiger partial charge in [-0.05, 0) is 6.92 Å². The molecule has 0 aromatic heterocycles. The largest absolute Gasteiger partial charge is 0.478 e. The summed E-state index contributed by atoms with van der Waals surface area (Å²) in [5.74, 6) is -0.334. The molecule has 0 saturated heterocycles. The first-order valence-electron chi connectivity index (χ1n) is 4.61. The number of halogens is 1. The normalized spacial score (nSPS) is 9.17. The Morgan fingerprint density at radius 2 is 1.67 bits per heavy atom. The maximum atomic E-state index is 10.6. The van der Waals surface area contributed by atoms with E-state index in [-0.39, 0.29) is 30.5 Å². The lowest BCUT2D eigenvalue weighted by atomic mass is 10.1. The van der Waals surface area contributed by atoms with E-state index in [9.17, 15) is 20.2 Å². The van der Waals surface area contributed by atoms with Crippen molar-refractivity contribution in [2.24, 2.45) is 0 Å². The van der Waals surface area contributed by atoms with Crippen molar-refractivity contribution in [3.05, 3.63) is 44.0 Å². The minimum Gasteiger partial charge on any atom is -0.478 e. The fraction of sp³-hybridized carbons (Fsp3) is 0.222. The van der Waals surface area contributed by atoms with Gasteiger partial charge < -0.3 is 4.74 Å². The number of ether oxygens (including phenoxy) is 1. The molecule has 0 saturated carbocycles. The van der Waals surface area contributed by atoms with Crippen LogP contribution in [0.4, 0.5) is 11.4 Å². The first-order valence-corrected chi connectivity index (χ1v) is 4.61. The molecule has 0 aliphatic rings. The van der Waals surface area contributed by atoms with E-state index in [0.29, 0.717) is 0 Å². The van der Waals surface area contributed by atoms with Crippen LogP contribution in [0, 0.1) is 25.6 Å². The minimum absolute atomic E-state index is 0. The number of rotatable bonds is 4. The summed E-state index contributed by atoms with van der Waals surface area (Å²) >= 11 is 0. The highest BCUT2D eigenvalue weighted by Crippen LogP contribution is 2.23. The van der Waals surface area contributed by atoms with Crippen LogP contribution in [0.15, 0.2) is 18.2 Å². The highest BCUT2D eigenvalue weighted by molar-refractivity contribution is 5.93. The van der Waals surface area contributed by atoms with E-state index in [4.69, 9.17) is 10.1 Å². The van der Waals surface area contributed by atoms with Crippen molar-refractivity contribution in [2.45, 2.75) is 6.92 Å². The lowest BCUT2D eigenvalue weighted by molar-refractivity contribution is -0.394. The van der Waals surface area contributed by atoms with Crippen molar-refractivity contribution in [2.75, 3.05) is 6.61 Å². The van der Waals surface area contributed by atoms with Crippen molar-refractivity contribution in [3.63, 3.8) is 0 Å². The molecule has 1 rings (SSSR count). The molecule has 98 valence electrons. The fourth-order valence-corrected chi connectivity index (χ4v) is 1.16. The standard InChI is InChI=1S/C9H9N3O5.ClH/c1-2-17-9(10)6-3-7(11(13)14)5-8(4-6)12(15)16;/h3-5,10H,2H2,1H3;1H. The van der Waals surface area contributed by atoms with Gasteiger partial charge in [0.15, 0.2) is 0 Å². The van der Waals surface area contributed by atoms with Gasteiger partial charge in [-0.3, -0.25) is 25.6 Å². The summed E-state index contributed by atoms with van der Waals surface area (Å²) in [6.45, 7) is 1.84. The second kappa shape index (κ2) is 6.50. The molecule has 1 N–H and O–H groups in total. The third kappa shape index (κ3) is 3.67. The Kier molecular flexibility index (Phi) is 5.70. The topological polar surface area (TPSA) is 119 Å². The molecule has 0 spiro atoms. The molecule has 0 amide bonds. The van der Waals surface area contributed by atoms with Crippen LogP contribution in [0.3, 0.4) is 0 Å². The maximum absolute atomic E-state index is 10.6. The van der Waals surface area contributed by atoms with E-state index in [0.717, 1.165) is 18.2 Å². The first-order chi connectivity index (χ1) is 7.95. The molecule has 8 nitrogen and oxygen atoms in total. The van der Waals surface area contributed by atoms with E-state index in [1.807, 2.05) is 0 Å². The monoisotopic (exact) mass is 275 g/mol. The van der Waals surface area contributed by atoms with Crippen LogP contribution in [0.1, 0.15) is 12.5 Å². The average Bonchev–Trinajstić information content (AvgIpc) is 2.28. The second-order valence-electron chi connectivity index (χ2n) is 3.01. The van der Waals surface area contributed by atoms with Gasteiger partial charge in [-0.1, -0.05) is 0 Å². The highest BCUT2D eigenvalue weighted by Gasteiger charge is 2.18. The Labute approximate surface area is 108 Å².